The number of ether oxygens (including phenoxy) is 3. The fourth-order valence-corrected chi connectivity index (χ4v) is 3.75. The van der Waals surface area contributed by atoms with Crippen LogP contribution in [-0.2, 0) is 14.2 Å². The molecule has 1 saturated heterocycles. The summed E-state index contributed by atoms with van der Waals surface area (Å²) in [7, 11) is 0. The Morgan fingerprint density at radius 1 is 1.48 bits per heavy atom. The van der Waals surface area contributed by atoms with Gasteiger partial charge in [-0.25, -0.2) is 9.59 Å². The van der Waals surface area contributed by atoms with Crippen LogP contribution in [0.15, 0.2) is 38.5 Å². The van der Waals surface area contributed by atoms with Gasteiger partial charge in [0.05, 0.1) is 11.0 Å². The van der Waals surface area contributed by atoms with Crippen molar-refractivity contribution in [2.24, 2.45) is 0 Å². The molecule has 3 rings (SSSR count). The molecule has 4 atom stereocenters. The number of halogens is 1. The second kappa shape index (κ2) is 10.3. The Labute approximate surface area is 201 Å². The van der Waals surface area contributed by atoms with Gasteiger partial charge in [0, 0.05) is 46.1 Å². The summed E-state index contributed by atoms with van der Waals surface area (Å²) in [6.07, 6.45) is -2.42. The Morgan fingerprint density at radius 3 is 2.91 bits per heavy atom. The number of benzene rings is 1. The van der Waals surface area contributed by atoms with E-state index >= 15 is 0 Å². The molecule has 4 unspecified atom stereocenters. The van der Waals surface area contributed by atoms with E-state index in [2.05, 4.69) is 20.9 Å². The molecule has 0 saturated carbocycles. The third-order valence-electron chi connectivity index (χ3n) is 5.20. The van der Waals surface area contributed by atoms with E-state index in [1.54, 1.807) is 19.1 Å². The molecule has 1 fully saturated rings. The number of aliphatic hydroxyl groups excluding tert-OH is 1. The van der Waals surface area contributed by atoms with Crippen LogP contribution in [0.3, 0.4) is 0 Å². The molecular formula is C20H26BrN3O9. The first-order chi connectivity index (χ1) is 17.6. The maximum Gasteiger partial charge on any atom is 0.508 e. The lowest BCUT2D eigenvalue weighted by molar-refractivity contribution is -0.385. The molecular weight excluding hydrogens is 506 g/mol. The van der Waals surface area contributed by atoms with Crippen LogP contribution in [0.5, 0.6) is 0 Å². The molecule has 12 nitrogen and oxygen atoms in total. The third-order valence-corrected chi connectivity index (χ3v) is 5.69. The number of rotatable bonds is 7. The zero-order chi connectivity index (χ0) is 28.3. The van der Waals surface area contributed by atoms with Gasteiger partial charge in [-0.3, -0.25) is 24.5 Å². The topological polar surface area (TPSA) is 163 Å². The largest absolute Gasteiger partial charge is 0.508 e. The van der Waals surface area contributed by atoms with Gasteiger partial charge < -0.3 is 19.3 Å². The number of aliphatic hydroxyl groups is 1. The lowest BCUT2D eigenvalue weighted by Gasteiger charge is -2.17. The fraction of sp³-hybridized carbons (Fsp3) is 0.450. The van der Waals surface area contributed by atoms with Crippen molar-refractivity contribution in [1.29, 1.82) is 0 Å². The maximum absolute atomic E-state index is 12.0. The normalized spacial score (nSPS) is 21.4. The number of aromatic nitrogens is 2. The van der Waals surface area contributed by atoms with Crippen LogP contribution >= 0.6 is 15.9 Å². The van der Waals surface area contributed by atoms with Gasteiger partial charge in [-0.05, 0) is 13.0 Å². The number of aromatic amines is 1. The van der Waals surface area contributed by atoms with E-state index in [0.717, 1.165) is 4.57 Å². The fourth-order valence-electron chi connectivity index (χ4n) is 3.40. The highest BCUT2D eigenvalue weighted by atomic mass is 79.9. The number of H-pyrrole nitrogens is 1. The molecule has 1 aromatic carbocycles. The van der Waals surface area contributed by atoms with Crippen molar-refractivity contribution in [3.63, 3.8) is 0 Å². The minimum Gasteiger partial charge on any atom is -0.434 e. The van der Waals surface area contributed by atoms with E-state index in [4.69, 9.17) is 20.1 Å². The SMILES string of the molecule is Cc1cn(C2CC(O)C(COC(=O)OCC(C)c3ccc(Br)cc3[N+](=O)[O-])O2)c(=O)[nH]c1=O.[3H][3H].[3H][3H]. The lowest BCUT2D eigenvalue weighted by Crippen LogP contribution is -2.33. The van der Waals surface area contributed by atoms with E-state index < -0.39 is 46.7 Å². The summed E-state index contributed by atoms with van der Waals surface area (Å²) in [5, 5.41) is 21.5. The first kappa shape index (κ1) is 21.8. The summed E-state index contributed by atoms with van der Waals surface area (Å²) in [4.78, 5) is 48.4. The summed E-state index contributed by atoms with van der Waals surface area (Å²) in [6, 6.07) is 4.60. The van der Waals surface area contributed by atoms with Gasteiger partial charge in [0.15, 0.2) is 0 Å². The average Bonchev–Trinajstić information content (AvgIpc) is 3.25. The highest BCUT2D eigenvalue weighted by Gasteiger charge is 2.36. The van der Waals surface area contributed by atoms with Crippen LogP contribution < -0.4 is 11.2 Å². The number of nitrogens with one attached hydrogen (secondary N) is 1. The summed E-state index contributed by atoms with van der Waals surface area (Å²) < 4.78 is 37.4. The zero-order valence-corrected chi connectivity index (χ0v) is 19.3. The Kier molecular flexibility index (Phi) is 6.79. The van der Waals surface area contributed by atoms with E-state index in [1.807, 2.05) is 0 Å². The van der Waals surface area contributed by atoms with Gasteiger partial charge in [-0.15, -0.1) is 0 Å². The first-order valence-corrected chi connectivity index (χ1v) is 10.7. The minimum atomic E-state index is -1.03. The standard InChI is InChI=1S/C20H22BrN3O9.2H2/c1-10-7-23(19(27)22-18(10)26)17-6-15(25)16(33-17)9-32-20(28)31-8-11(2)13-4-3-12(21)5-14(13)24(29)30;;/h3-5,7,11,15-17,25H,6,8-9H2,1-2H3,(H,22,26,27);2*1H/i;2*1+2T. The predicted octanol–water partition coefficient (Wildman–Crippen LogP) is 2.61. The van der Waals surface area contributed by atoms with E-state index in [1.165, 1.54) is 19.2 Å². The second-order valence-electron chi connectivity index (χ2n) is 7.64. The Morgan fingerprint density at radius 2 is 2.21 bits per heavy atom. The van der Waals surface area contributed by atoms with E-state index in [9.17, 15) is 29.6 Å². The van der Waals surface area contributed by atoms with Gasteiger partial charge in [0.1, 0.15) is 25.5 Å². The number of carbonyl (C=O) groups is 1. The van der Waals surface area contributed by atoms with Crippen molar-refractivity contribution in [3.05, 3.63) is 70.9 Å². The number of hydrogen-bond donors (Lipinski definition) is 2. The van der Waals surface area contributed by atoms with Crippen LogP contribution in [-0.4, -0.2) is 51.2 Å². The highest BCUT2D eigenvalue weighted by molar-refractivity contribution is 9.10. The summed E-state index contributed by atoms with van der Waals surface area (Å²) in [6.45, 7) is 2.70. The van der Waals surface area contributed by atoms with Crippen molar-refractivity contribution < 1.29 is 35.0 Å². The molecule has 1 aromatic heterocycles. The lowest BCUT2D eigenvalue weighted by atomic mass is 10.0. The molecule has 2 heterocycles. The van der Waals surface area contributed by atoms with Gasteiger partial charge in [-0.2, -0.15) is 0 Å². The number of hydrogen-bond acceptors (Lipinski definition) is 9. The molecule has 182 valence electrons. The van der Waals surface area contributed by atoms with Crippen molar-refractivity contribution in [2.45, 2.75) is 44.6 Å². The molecule has 13 heteroatoms. The summed E-state index contributed by atoms with van der Waals surface area (Å²) in [5.41, 5.74) is -0.596. The summed E-state index contributed by atoms with van der Waals surface area (Å²) in [5.74, 6) is -0.473. The van der Waals surface area contributed by atoms with Crippen LogP contribution in [0.4, 0.5) is 10.5 Å². The Hall–Kier alpha value is -3.03. The molecule has 2 aromatic rings. The van der Waals surface area contributed by atoms with Crippen LogP contribution in [0.1, 0.15) is 42.6 Å². The molecule has 0 bridgehead atoms. The molecule has 2 N–H and O–H groups in total. The van der Waals surface area contributed by atoms with Crippen molar-refractivity contribution in [3.8, 4) is 0 Å². The quantitative estimate of drug-likeness (QED) is 0.305. The number of aryl methyl sites for hydroxylation is 1. The van der Waals surface area contributed by atoms with Crippen molar-refractivity contribution in [2.75, 3.05) is 13.2 Å². The van der Waals surface area contributed by atoms with Gasteiger partial charge in [0.25, 0.3) is 11.2 Å². The molecule has 0 aliphatic carbocycles. The third kappa shape index (κ3) is 5.86. The monoisotopic (exact) mass is 539 g/mol. The second-order valence-corrected chi connectivity index (χ2v) is 8.56. The van der Waals surface area contributed by atoms with Gasteiger partial charge in [-0.1, -0.05) is 28.9 Å². The first-order valence-electron chi connectivity index (χ1n) is 12.0. The number of nitro benzene ring substituents is 1. The zero-order valence-electron chi connectivity index (χ0n) is 21.7. The Bertz CT molecular complexity index is 1180. The summed E-state index contributed by atoms with van der Waals surface area (Å²) >= 11 is 3.19. The maximum atomic E-state index is 12.0. The number of nitrogens with zero attached hydrogens (tertiary/aromatic N) is 2. The number of carbonyl (C=O) groups excluding carboxylic acids is 1. The minimum absolute atomic E-state index is 0.0543. The Balaban J connectivity index is 0.00000163. The highest BCUT2D eigenvalue weighted by Crippen LogP contribution is 2.30. The van der Waals surface area contributed by atoms with E-state index in [0.29, 0.717) is 15.6 Å². The van der Waals surface area contributed by atoms with Crippen LogP contribution in [0.2, 0.25) is 0 Å². The number of nitro groups is 1. The van der Waals surface area contributed by atoms with Gasteiger partial charge >= 0.3 is 11.8 Å². The predicted molar refractivity (Wildman–Crippen MR) is 121 cm³/mol. The molecule has 0 amide bonds. The smallest absolute Gasteiger partial charge is 0.434 e. The molecule has 1 aliphatic heterocycles. The van der Waals surface area contributed by atoms with Crippen molar-refractivity contribution >= 4 is 27.8 Å². The van der Waals surface area contributed by atoms with Crippen LogP contribution in [0.25, 0.3) is 0 Å². The molecule has 1 aliphatic rings. The molecule has 33 heavy (non-hydrogen) atoms. The van der Waals surface area contributed by atoms with Crippen LogP contribution in [0, 0.1) is 17.0 Å². The average molecular weight is 540 g/mol. The molecule has 0 radical (unpaired) electrons. The van der Waals surface area contributed by atoms with E-state index in [-0.39, 0.29) is 25.3 Å². The van der Waals surface area contributed by atoms with Gasteiger partial charge in [0.2, 0.25) is 0 Å². The molecule has 0 spiro atoms. The van der Waals surface area contributed by atoms with Crippen molar-refractivity contribution in [1.82, 2.24) is 9.55 Å².